The number of likely N-dealkylation sites (tertiary alicyclic amines) is 1. The topological polar surface area (TPSA) is 63.4 Å². The van der Waals surface area contributed by atoms with E-state index in [2.05, 4.69) is 20.8 Å². The summed E-state index contributed by atoms with van der Waals surface area (Å²) in [6.45, 7) is 7.35. The number of nitrogens with zero attached hydrogens (tertiary/aromatic N) is 1. The lowest BCUT2D eigenvalue weighted by Crippen LogP contribution is -2.43. The highest BCUT2D eigenvalue weighted by molar-refractivity contribution is 6.34. The fraction of sp³-hybridized carbons (Fsp3) is 0.833. The van der Waals surface area contributed by atoms with Gasteiger partial charge in [0, 0.05) is 12.6 Å². The van der Waals surface area contributed by atoms with Crippen LogP contribution in [0.3, 0.4) is 0 Å². The highest BCUT2D eigenvalue weighted by atomic mass is 16.2. The van der Waals surface area contributed by atoms with Crippen LogP contribution in [0, 0.1) is 10.8 Å². The Morgan fingerprint density at radius 1 is 1.25 bits per heavy atom. The highest BCUT2D eigenvalue weighted by Gasteiger charge is 2.51. The molecule has 4 nitrogen and oxygen atoms in total. The summed E-state index contributed by atoms with van der Waals surface area (Å²) in [7, 11) is 0. The zero-order valence-electron chi connectivity index (χ0n) is 10.2. The summed E-state index contributed by atoms with van der Waals surface area (Å²) in [6, 6.07) is 0.203. The van der Waals surface area contributed by atoms with E-state index in [1.807, 2.05) is 0 Å². The van der Waals surface area contributed by atoms with Crippen molar-refractivity contribution in [1.82, 2.24) is 4.90 Å². The summed E-state index contributed by atoms with van der Waals surface area (Å²) in [5.74, 6) is -1.33. The zero-order valence-corrected chi connectivity index (χ0v) is 10.2. The molecule has 1 aliphatic carbocycles. The van der Waals surface area contributed by atoms with Crippen molar-refractivity contribution in [1.29, 1.82) is 0 Å². The number of fused-ring (bicyclic) bond motifs is 2. The Kier molecular flexibility index (Phi) is 2.30. The summed E-state index contributed by atoms with van der Waals surface area (Å²) in [5, 5.41) is 0. The Bertz CT molecular complexity index is 351. The third-order valence-electron chi connectivity index (χ3n) is 3.89. The van der Waals surface area contributed by atoms with Gasteiger partial charge in [-0.25, -0.2) is 0 Å². The van der Waals surface area contributed by atoms with E-state index in [9.17, 15) is 9.59 Å². The number of hydrogen-bond donors (Lipinski definition) is 1. The quantitative estimate of drug-likeness (QED) is 0.621. The van der Waals surface area contributed by atoms with Crippen molar-refractivity contribution >= 4 is 11.8 Å². The van der Waals surface area contributed by atoms with Gasteiger partial charge in [0.2, 0.25) is 0 Å². The molecule has 2 bridgehead atoms. The number of nitrogens with two attached hydrogens (primary N) is 1. The van der Waals surface area contributed by atoms with E-state index < -0.39 is 11.8 Å². The molecule has 2 aliphatic rings. The summed E-state index contributed by atoms with van der Waals surface area (Å²) >= 11 is 0. The third-order valence-corrected chi connectivity index (χ3v) is 3.89. The lowest BCUT2D eigenvalue weighted by molar-refractivity contribution is -0.145. The van der Waals surface area contributed by atoms with Gasteiger partial charge in [-0.1, -0.05) is 20.8 Å². The molecule has 1 saturated carbocycles. The molecule has 1 heterocycles. The first kappa shape index (κ1) is 11.4. The maximum absolute atomic E-state index is 11.7. The predicted octanol–water partition coefficient (Wildman–Crippen LogP) is 0.899. The van der Waals surface area contributed by atoms with Crippen molar-refractivity contribution in [3.05, 3.63) is 0 Å². The lowest BCUT2D eigenvalue weighted by atomic mass is 9.65. The second kappa shape index (κ2) is 3.22. The van der Waals surface area contributed by atoms with Crippen molar-refractivity contribution in [3.63, 3.8) is 0 Å². The van der Waals surface area contributed by atoms with Crippen LogP contribution in [0.4, 0.5) is 0 Å². The second-order valence-corrected chi connectivity index (χ2v) is 6.51. The molecule has 16 heavy (non-hydrogen) atoms. The summed E-state index contributed by atoms with van der Waals surface area (Å²) in [5.41, 5.74) is 5.50. The Balaban J connectivity index is 2.23. The van der Waals surface area contributed by atoms with Crippen LogP contribution in [0.5, 0.6) is 0 Å². The number of carbonyl (C=O) groups is 2. The van der Waals surface area contributed by atoms with Crippen LogP contribution in [0.25, 0.3) is 0 Å². The fourth-order valence-electron chi connectivity index (χ4n) is 3.84. The number of primary amides is 1. The van der Waals surface area contributed by atoms with Gasteiger partial charge in [-0.2, -0.15) is 0 Å². The van der Waals surface area contributed by atoms with E-state index in [0.29, 0.717) is 6.54 Å². The van der Waals surface area contributed by atoms with Crippen molar-refractivity contribution < 1.29 is 9.59 Å². The van der Waals surface area contributed by atoms with Crippen LogP contribution in [0.15, 0.2) is 0 Å². The minimum atomic E-state index is -0.825. The van der Waals surface area contributed by atoms with Crippen LogP contribution in [0.2, 0.25) is 0 Å². The molecule has 0 aromatic heterocycles. The van der Waals surface area contributed by atoms with Gasteiger partial charge < -0.3 is 10.6 Å². The van der Waals surface area contributed by atoms with E-state index in [4.69, 9.17) is 5.73 Å². The summed E-state index contributed by atoms with van der Waals surface area (Å²) in [4.78, 5) is 24.4. The number of carbonyl (C=O) groups excluding carboxylic acids is 2. The van der Waals surface area contributed by atoms with Crippen LogP contribution in [-0.4, -0.2) is 29.3 Å². The molecule has 2 N–H and O–H groups in total. The molecule has 2 rings (SSSR count). The normalized spacial score (nSPS) is 36.2. The SMILES string of the molecule is CC1(C)CC2CC(C)(CN2C(=O)C(N)=O)C1. The van der Waals surface area contributed by atoms with Gasteiger partial charge in [0.25, 0.3) is 0 Å². The Morgan fingerprint density at radius 3 is 2.44 bits per heavy atom. The van der Waals surface area contributed by atoms with Crippen LogP contribution in [-0.2, 0) is 9.59 Å². The number of rotatable bonds is 0. The predicted molar refractivity (Wildman–Crippen MR) is 60.4 cm³/mol. The average Bonchev–Trinajstić information content (AvgIpc) is 2.33. The van der Waals surface area contributed by atoms with Crippen LogP contribution in [0.1, 0.15) is 40.0 Å². The van der Waals surface area contributed by atoms with Crippen LogP contribution < -0.4 is 5.73 Å². The third kappa shape index (κ3) is 1.81. The van der Waals surface area contributed by atoms with Gasteiger partial charge >= 0.3 is 11.8 Å². The second-order valence-electron chi connectivity index (χ2n) is 6.51. The van der Waals surface area contributed by atoms with E-state index >= 15 is 0 Å². The van der Waals surface area contributed by atoms with E-state index in [1.165, 1.54) is 0 Å². The van der Waals surface area contributed by atoms with Crippen molar-refractivity contribution in [2.45, 2.75) is 46.1 Å². The van der Waals surface area contributed by atoms with Crippen molar-refractivity contribution in [3.8, 4) is 0 Å². The van der Waals surface area contributed by atoms with Crippen molar-refractivity contribution in [2.75, 3.05) is 6.54 Å². The summed E-state index contributed by atoms with van der Waals surface area (Å²) in [6.07, 6.45) is 3.09. The van der Waals surface area contributed by atoms with Gasteiger partial charge in [-0.05, 0) is 30.1 Å². The standard InChI is InChI=1S/C12H20N2O2/c1-11(2)4-8-5-12(3,6-11)7-14(8)10(16)9(13)15/h8H,4-7H2,1-3H3,(H2,13,15). The Labute approximate surface area is 96.2 Å². The molecular weight excluding hydrogens is 204 g/mol. The van der Waals surface area contributed by atoms with E-state index in [0.717, 1.165) is 19.3 Å². The molecule has 2 unspecified atom stereocenters. The largest absolute Gasteiger partial charge is 0.361 e. The van der Waals surface area contributed by atoms with Gasteiger partial charge in [0.05, 0.1) is 0 Å². The van der Waals surface area contributed by atoms with Crippen LogP contribution >= 0.6 is 0 Å². The lowest BCUT2D eigenvalue weighted by Gasteiger charge is -2.39. The first-order chi connectivity index (χ1) is 7.22. The molecule has 1 aliphatic heterocycles. The molecular formula is C12H20N2O2. The molecule has 2 atom stereocenters. The summed E-state index contributed by atoms with van der Waals surface area (Å²) < 4.78 is 0. The number of amides is 2. The molecule has 0 radical (unpaired) electrons. The molecule has 90 valence electrons. The minimum Gasteiger partial charge on any atom is -0.361 e. The molecule has 0 aromatic carbocycles. The molecule has 1 saturated heterocycles. The number of hydrogen-bond acceptors (Lipinski definition) is 2. The Hall–Kier alpha value is -1.06. The maximum atomic E-state index is 11.7. The van der Waals surface area contributed by atoms with Crippen molar-refractivity contribution in [2.24, 2.45) is 16.6 Å². The highest BCUT2D eigenvalue weighted by Crippen LogP contribution is 2.52. The molecule has 0 spiro atoms. The maximum Gasteiger partial charge on any atom is 0.311 e. The van der Waals surface area contributed by atoms with E-state index in [-0.39, 0.29) is 16.9 Å². The monoisotopic (exact) mass is 224 g/mol. The molecule has 4 heteroatoms. The Morgan fingerprint density at radius 2 is 1.88 bits per heavy atom. The minimum absolute atomic E-state index is 0.164. The molecule has 2 fully saturated rings. The fourth-order valence-corrected chi connectivity index (χ4v) is 3.84. The van der Waals surface area contributed by atoms with Gasteiger partial charge in [-0.15, -0.1) is 0 Å². The van der Waals surface area contributed by atoms with Gasteiger partial charge in [0.1, 0.15) is 0 Å². The van der Waals surface area contributed by atoms with E-state index in [1.54, 1.807) is 4.90 Å². The molecule has 0 aromatic rings. The zero-order chi connectivity index (χ0) is 12.1. The first-order valence-corrected chi connectivity index (χ1v) is 5.83. The smallest absolute Gasteiger partial charge is 0.311 e. The van der Waals surface area contributed by atoms with Gasteiger partial charge in [-0.3, -0.25) is 9.59 Å². The van der Waals surface area contributed by atoms with Gasteiger partial charge in [0.15, 0.2) is 0 Å². The first-order valence-electron chi connectivity index (χ1n) is 5.83. The average molecular weight is 224 g/mol. The molecule has 2 amide bonds.